The molecule has 27 heavy (non-hydrogen) atoms. The molecule has 0 N–H and O–H groups in total. The molecule has 1 saturated heterocycles. The van der Waals surface area contributed by atoms with Crippen LogP contribution in [0.4, 0.5) is 3.89 Å². The van der Waals surface area contributed by atoms with Crippen LogP contribution in [0.1, 0.15) is 43.9 Å². The van der Waals surface area contributed by atoms with E-state index in [1.807, 2.05) is 0 Å². The summed E-state index contributed by atoms with van der Waals surface area (Å²) in [4.78, 5) is 2.61. The van der Waals surface area contributed by atoms with Crippen molar-refractivity contribution in [2.45, 2.75) is 39.2 Å². The van der Waals surface area contributed by atoms with Crippen LogP contribution < -0.4 is 9.47 Å². The number of benzene rings is 1. The van der Waals surface area contributed by atoms with Crippen molar-refractivity contribution >= 4 is 12.1 Å². The highest BCUT2D eigenvalue weighted by atomic mass is 32.2. The molecule has 3 atom stereocenters. The van der Waals surface area contributed by atoms with Gasteiger partial charge in [0.05, 0.1) is 32.1 Å². The Kier molecular flexibility index (Phi) is 6.94. The van der Waals surface area contributed by atoms with Gasteiger partial charge in [0.25, 0.3) is 0 Å². The summed E-state index contributed by atoms with van der Waals surface area (Å²) in [5.74, 6) is 9.82. The van der Waals surface area contributed by atoms with Crippen molar-refractivity contribution in [3.05, 3.63) is 23.3 Å². The van der Waals surface area contributed by atoms with Gasteiger partial charge in [-0.05, 0) is 54.4 Å². The van der Waals surface area contributed by atoms with Crippen molar-refractivity contribution in [2.75, 3.05) is 33.1 Å². The monoisotopic (exact) mass is 391 g/mol. The zero-order valence-electron chi connectivity index (χ0n) is 16.8. The van der Waals surface area contributed by atoms with E-state index >= 15 is 0 Å². The van der Waals surface area contributed by atoms with Crippen molar-refractivity contribution in [3.8, 4) is 23.3 Å². The Bertz CT molecular complexity index is 712. The van der Waals surface area contributed by atoms with Gasteiger partial charge in [-0.25, -0.2) is 0 Å². The maximum absolute atomic E-state index is 12.5. The summed E-state index contributed by atoms with van der Waals surface area (Å²) >= 11 is 0.311. The first-order chi connectivity index (χ1) is 13.1. The second-order valence-corrected chi connectivity index (χ2v) is 8.48. The fraction of sp³-hybridized carbons (Fsp3) is 0.636. The molecule has 2 unspecified atom stereocenters. The number of fused-ring (bicyclic) bond motifs is 3. The lowest BCUT2D eigenvalue weighted by atomic mass is 9.74. The summed E-state index contributed by atoms with van der Waals surface area (Å²) in [5, 5.41) is 0. The molecule has 2 aliphatic rings. The number of halogens is 1. The number of nitrogens with zero attached hydrogens (tertiary/aromatic N) is 1. The number of methoxy groups -OCH3 is 2. The van der Waals surface area contributed by atoms with Gasteiger partial charge in [-0.2, -0.15) is 3.89 Å². The van der Waals surface area contributed by atoms with Crippen molar-refractivity contribution in [1.29, 1.82) is 0 Å². The van der Waals surface area contributed by atoms with E-state index in [-0.39, 0.29) is 5.75 Å². The zero-order chi connectivity index (χ0) is 19.4. The Morgan fingerprint density at radius 2 is 2.00 bits per heavy atom. The highest BCUT2D eigenvalue weighted by Crippen LogP contribution is 2.45. The smallest absolute Gasteiger partial charge is 0.161 e. The fourth-order valence-corrected chi connectivity index (χ4v) is 4.80. The van der Waals surface area contributed by atoms with E-state index in [4.69, 9.17) is 9.47 Å². The van der Waals surface area contributed by atoms with E-state index in [0.29, 0.717) is 35.9 Å². The molecular formula is C22H30FNO2S. The maximum atomic E-state index is 12.5. The second kappa shape index (κ2) is 9.21. The van der Waals surface area contributed by atoms with E-state index in [1.165, 1.54) is 17.5 Å². The summed E-state index contributed by atoms with van der Waals surface area (Å²) in [6.45, 7) is 6.69. The van der Waals surface area contributed by atoms with E-state index < -0.39 is 0 Å². The van der Waals surface area contributed by atoms with Crippen LogP contribution in [0.25, 0.3) is 0 Å². The van der Waals surface area contributed by atoms with Crippen LogP contribution in [0, 0.1) is 29.6 Å². The number of ether oxygens (including phenoxy) is 2. The lowest BCUT2D eigenvalue weighted by molar-refractivity contribution is 0.0649. The van der Waals surface area contributed by atoms with Gasteiger partial charge in [0.15, 0.2) is 11.5 Å². The minimum Gasteiger partial charge on any atom is -0.493 e. The lowest BCUT2D eigenvalue weighted by Crippen LogP contribution is -2.46. The minimum atomic E-state index is 0.265. The summed E-state index contributed by atoms with van der Waals surface area (Å²) in [7, 11) is 3.37. The normalized spacial score (nSPS) is 24.6. The van der Waals surface area contributed by atoms with Gasteiger partial charge in [-0.3, -0.25) is 4.90 Å². The van der Waals surface area contributed by atoms with Crippen molar-refractivity contribution in [1.82, 2.24) is 4.90 Å². The molecule has 0 radical (unpaired) electrons. The van der Waals surface area contributed by atoms with E-state index in [9.17, 15) is 3.89 Å². The van der Waals surface area contributed by atoms with Crippen LogP contribution in [-0.2, 0) is 6.42 Å². The Labute approximate surface area is 167 Å². The molecule has 0 spiro atoms. The van der Waals surface area contributed by atoms with Crippen molar-refractivity contribution < 1.29 is 13.4 Å². The molecule has 0 aliphatic carbocycles. The topological polar surface area (TPSA) is 21.7 Å². The first-order valence-corrected chi connectivity index (χ1v) is 10.7. The number of hydrogen-bond donors (Lipinski definition) is 0. The van der Waals surface area contributed by atoms with Gasteiger partial charge >= 0.3 is 0 Å². The van der Waals surface area contributed by atoms with Crippen molar-refractivity contribution in [2.24, 2.45) is 17.8 Å². The molecule has 3 nitrogen and oxygen atoms in total. The predicted octanol–water partition coefficient (Wildman–Crippen LogP) is 4.91. The largest absolute Gasteiger partial charge is 0.493 e. The lowest BCUT2D eigenvalue weighted by Gasteiger charge is -2.46. The average Bonchev–Trinajstić information content (AvgIpc) is 2.66. The standard InChI is InChI=1S/C22H30FNO2S/c1-15(2)10-18-14-24-8-7-17-12-21(25-3)22(26-4)13-19(17)20(24)11-16(18)6-5-9-27-23/h12-13,15-16,18,20H,7-11,14H2,1-4H3/t16?,18-,20?/m1/s1. The molecule has 1 aromatic rings. The summed E-state index contributed by atoms with van der Waals surface area (Å²) in [5.41, 5.74) is 2.69. The molecule has 3 rings (SSSR count). The van der Waals surface area contributed by atoms with Gasteiger partial charge in [-0.1, -0.05) is 25.7 Å². The summed E-state index contributed by atoms with van der Waals surface area (Å²) < 4.78 is 23.5. The Balaban J connectivity index is 1.90. The summed E-state index contributed by atoms with van der Waals surface area (Å²) in [6, 6.07) is 4.64. The molecule has 2 aliphatic heterocycles. The first-order valence-electron chi connectivity index (χ1n) is 9.78. The van der Waals surface area contributed by atoms with Gasteiger partial charge in [0, 0.05) is 25.0 Å². The van der Waals surface area contributed by atoms with Gasteiger partial charge in [0.2, 0.25) is 0 Å². The Morgan fingerprint density at radius 3 is 2.67 bits per heavy atom. The van der Waals surface area contributed by atoms with Gasteiger partial charge < -0.3 is 9.47 Å². The Morgan fingerprint density at radius 1 is 1.26 bits per heavy atom. The molecule has 5 heteroatoms. The fourth-order valence-electron chi connectivity index (χ4n) is 4.66. The molecule has 2 heterocycles. The SMILES string of the molecule is COc1cc2c(cc1OC)C1CC(C#CCSF)[C@H](CC(C)C)CN1CC2. The third-order valence-electron chi connectivity index (χ3n) is 5.82. The average molecular weight is 392 g/mol. The van der Waals surface area contributed by atoms with Crippen molar-refractivity contribution in [3.63, 3.8) is 0 Å². The molecule has 148 valence electrons. The van der Waals surface area contributed by atoms with Crippen LogP contribution in [0.5, 0.6) is 11.5 Å². The third kappa shape index (κ3) is 4.55. The molecule has 0 aromatic heterocycles. The highest BCUT2D eigenvalue weighted by Gasteiger charge is 2.38. The van der Waals surface area contributed by atoms with Crippen LogP contribution in [0.3, 0.4) is 0 Å². The van der Waals surface area contributed by atoms with E-state index in [0.717, 1.165) is 37.4 Å². The first kappa shape index (κ1) is 20.4. The molecule has 0 amide bonds. The predicted molar refractivity (Wildman–Crippen MR) is 110 cm³/mol. The molecule has 1 aromatic carbocycles. The van der Waals surface area contributed by atoms with Gasteiger partial charge in [0.1, 0.15) is 0 Å². The second-order valence-electron chi connectivity index (χ2n) is 7.97. The van der Waals surface area contributed by atoms with Crippen LogP contribution in [-0.4, -0.2) is 38.0 Å². The Hall–Kier alpha value is -1.38. The van der Waals surface area contributed by atoms with Crippen LogP contribution in [0.2, 0.25) is 0 Å². The number of rotatable bonds is 5. The van der Waals surface area contributed by atoms with Crippen LogP contribution in [0.15, 0.2) is 12.1 Å². The maximum Gasteiger partial charge on any atom is 0.161 e. The van der Waals surface area contributed by atoms with Gasteiger partial charge in [-0.15, -0.1) is 0 Å². The number of piperidine rings is 1. The minimum absolute atomic E-state index is 0.265. The number of hydrogen-bond acceptors (Lipinski definition) is 4. The quantitative estimate of drug-likeness (QED) is 0.665. The molecular weight excluding hydrogens is 361 g/mol. The van der Waals surface area contributed by atoms with Crippen LogP contribution >= 0.6 is 12.1 Å². The third-order valence-corrected chi connectivity index (χ3v) is 6.07. The summed E-state index contributed by atoms with van der Waals surface area (Å²) in [6.07, 6.45) is 3.21. The zero-order valence-corrected chi connectivity index (χ0v) is 17.6. The van der Waals surface area contributed by atoms with E-state index in [1.54, 1.807) is 14.2 Å². The molecule has 0 saturated carbocycles. The highest BCUT2D eigenvalue weighted by molar-refractivity contribution is 7.94. The molecule has 1 fully saturated rings. The molecule has 0 bridgehead atoms. The van der Waals surface area contributed by atoms with E-state index in [2.05, 4.69) is 42.7 Å².